The molecule has 0 aliphatic heterocycles. The highest BCUT2D eigenvalue weighted by Gasteiger charge is 2.27. The van der Waals surface area contributed by atoms with Gasteiger partial charge in [-0.05, 0) is 30.9 Å². The summed E-state index contributed by atoms with van der Waals surface area (Å²) in [6, 6.07) is 12.1. The van der Waals surface area contributed by atoms with Crippen LogP contribution in [0.3, 0.4) is 0 Å². The maximum atomic E-state index is 12.6. The minimum Gasteiger partial charge on any atom is -0.336 e. The van der Waals surface area contributed by atoms with Gasteiger partial charge in [-0.15, -0.1) is 12.4 Å². The summed E-state index contributed by atoms with van der Waals surface area (Å²) >= 11 is 0. The number of nitrogens with one attached hydrogen (secondary N) is 1. The summed E-state index contributed by atoms with van der Waals surface area (Å²) in [7, 11) is 0. The first-order valence-electron chi connectivity index (χ1n) is 7.86. The van der Waals surface area contributed by atoms with E-state index in [1.54, 1.807) is 4.90 Å². The third kappa shape index (κ3) is 4.56. The van der Waals surface area contributed by atoms with Gasteiger partial charge in [-0.3, -0.25) is 9.89 Å². The normalized spacial score (nSPS) is 13.4. The van der Waals surface area contributed by atoms with E-state index < -0.39 is 0 Å². The quantitative estimate of drug-likeness (QED) is 0.816. The third-order valence-corrected chi connectivity index (χ3v) is 4.03. The summed E-state index contributed by atoms with van der Waals surface area (Å²) in [5, 5.41) is 7.17. The first-order chi connectivity index (χ1) is 10.8. The first-order valence-corrected chi connectivity index (χ1v) is 7.86. The van der Waals surface area contributed by atoms with Crippen LogP contribution in [0.25, 0.3) is 0 Å². The van der Waals surface area contributed by atoms with E-state index in [0.29, 0.717) is 31.2 Å². The Hall–Kier alpha value is -1.85. The van der Waals surface area contributed by atoms with E-state index >= 15 is 0 Å². The number of carbonyl (C=O) groups is 1. The summed E-state index contributed by atoms with van der Waals surface area (Å²) in [4.78, 5) is 14.4. The molecule has 0 saturated heterocycles. The lowest BCUT2D eigenvalue weighted by Crippen LogP contribution is -2.37. The zero-order valence-electron chi connectivity index (χ0n) is 13.1. The second kappa shape index (κ2) is 8.13. The number of benzene rings is 1. The molecule has 0 bridgehead atoms. The number of aromatic amines is 1. The van der Waals surface area contributed by atoms with Crippen LogP contribution in [0.1, 0.15) is 40.5 Å². The molecular formula is C17H23ClN4O. The van der Waals surface area contributed by atoms with Crippen molar-refractivity contribution in [2.24, 2.45) is 5.73 Å². The number of nitrogens with two attached hydrogens (primary N) is 1. The van der Waals surface area contributed by atoms with E-state index in [4.69, 9.17) is 5.73 Å². The summed E-state index contributed by atoms with van der Waals surface area (Å²) in [6.07, 6.45) is 3.21. The molecule has 1 aliphatic rings. The van der Waals surface area contributed by atoms with Gasteiger partial charge in [-0.1, -0.05) is 30.3 Å². The predicted molar refractivity (Wildman–Crippen MR) is 92.9 cm³/mol. The lowest BCUT2D eigenvalue weighted by Gasteiger charge is -2.21. The van der Waals surface area contributed by atoms with E-state index in [1.165, 1.54) is 18.4 Å². The number of hydrogen-bond donors (Lipinski definition) is 2. The number of aromatic nitrogens is 2. The SMILES string of the molecule is Cl.NCCN(CCc1ccccc1)C(=O)c1cc(C2CC2)[nH]n1. The van der Waals surface area contributed by atoms with Crippen molar-refractivity contribution in [3.63, 3.8) is 0 Å². The fourth-order valence-electron chi connectivity index (χ4n) is 2.59. The standard InChI is InChI=1S/C17H22N4O.ClH/c18-9-11-21(10-8-13-4-2-1-3-5-13)17(22)16-12-15(19-20-16)14-6-7-14;/h1-5,12,14H,6-11,18H2,(H,19,20);1H. The molecule has 1 heterocycles. The van der Waals surface area contributed by atoms with Gasteiger partial charge in [0.15, 0.2) is 0 Å². The van der Waals surface area contributed by atoms with Gasteiger partial charge in [0.25, 0.3) is 5.91 Å². The zero-order valence-corrected chi connectivity index (χ0v) is 13.9. The van der Waals surface area contributed by atoms with Gasteiger partial charge in [0.1, 0.15) is 5.69 Å². The van der Waals surface area contributed by atoms with Gasteiger partial charge in [0.2, 0.25) is 0 Å². The zero-order chi connectivity index (χ0) is 15.4. The number of nitrogens with zero attached hydrogens (tertiary/aromatic N) is 2. The summed E-state index contributed by atoms with van der Waals surface area (Å²) in [6.45, 7) is 1.67. The molecule has 124 valence electrons. The fourth-order valence-corrected chi connectivity index (χ4v) is 2.59. The average molecular weight is 335 g/mol. The highest BCUT2D eigenvalue weighted by Crippen LogP contribution is 2.39. The Kier molecular flexibility index (Phi) is 6.19. The van der Waals surface area contributed by atoms with E-state index in [1.807, 2.05) is 24.3 Å². The lowest BCUT2D eigenvalue weighted by molar-refractivity contribution is 0.0756. The van der Waals surface area contributed by atoms with Crippen LogP contribution in [-0.2, 0) is 6.42 Å². The maximum absolute atomic E-state index is 12.6. The minimum absolute atomic E-state index is 0. The van der Waals surface area contributed by atoms with Crippen LogP contribution in [0, 0.1) is 0 Å². The van der Waals surface area contributed by atoms with Crippen LogP contribution >= 0.6 is 12.4 Å². The summed E-state index contributed by atoms with van der Waals surface area (Å²) in [5.74, 6) is 0.533. The van der Waals surface area contributed by atoms with Crippen molar-refractivity contribution >= 4 is 18.3 Å². The van der Waals surface area contributed by atoms with Crippen molar-refractivity contribution in [3.8, 4) is 0 Å². The summed E-state index contributed by atoms with van der Waals surface area (Å²) < 4.78 is 0. The molecule has 2 aromatic rings. The Labute approximate surface area is 142 Å². The van der Waals surface area contributed by atoms with Gasteiger partial charge in [-0.2, -0.15) is 5.10 Å². The van der Waals surface area contributed by atoms with Crippen LogP contribution in [0.2, 0.25) is 0 Å². The smallest absolute Gasteiger partial charge is 0.274 e. The molecule has 1 fully saturated rings. The highest BCUT2D eigenvalue weighted by molar-refractivity contribution is 5.92. The van der Waals surface area contributed by atoms with Crippen molar-refractivity contribution < 1.29 is 4.79 Å². The lowest BCUT2D eigenvalue weighted by atomic mass is 10.1. The van der Waals surface area contributed by atoms with Gasteiger partial charge >= 0.3 is 0 Å². The molecule has 0 spiro atoms. The van der Waals surface area contributed by atoms with Crippen molar-refractivity contribution in [2.45, 2.75) is 25.2 Å². The van der Waals surface area contributed by atoms with Crippen LogP contribution in [0.5, 0.6) is 0 Å². The first kappa shape index (κ1) is 17.5. The molecule has 1 saturated carbocycles. The highest BCUT2D eigenvalue weighted by atomic mass is 35.5. The number of hydrogen-bond acceptors (Lipinski definition) is 3. The van der Waals surface area contributed by atoms with E-state index in [2.05, 4.69) is 22.3 Å². The molecule has 1 aliphatic carbocycles. The molecule has 6 heteroatoms. The average Bonchev–Trinajstić information content (AvgIpc) is 3.29. The Bertz CT molecular complexity index is 625. The van der Waals surface area contributed by atoms with Crippen LogP contribution < -0.4 is 5.73 Å². The van der Waals surface area contributed by atoms with Crippen LogP contribution in [-0.4, -0.2) is 40.6 Å². The Balaban J connectivity index is 0.00000192. The second-order valence-corrected chi connectivity index (χ2v) is 5.80. The van der Waals surface area contributed by atoms with Crippen molar-refractivity contribution in [3.05, 3.63) is 53.3 Å². The molecule has 3 N–H and O–H groups in total. The monoisotopic (exact) mass is 334 g/mol. The fraction of sp³-hybridized carbons (Fsp3) is 0.412. The van der Waals surface area contributed by atoms with Gasteiger partial charge in [-0.25, -0.2) is 0 Å². The minimum atomic E-state index is -0.0375. The van der Waals surface area contributed by atoms with Crippen LogP contribution in [0.15, 0.2) is 36.4 Å². The van der Waals surface area contributed by atoms with Crippen molar-refractivity contribution in [1.29, 1.82) is 0 Å². The Morgan fingerprint density at radius 1 is 1.26 bits per heavy atom. The van der Waals surface area contributed by atoms with Crippen molar-refractivity contribution in [2.75, 3.05) is 19.6 Å². The van der Waals surface area contributed by atoms with Crippen LogP contribution in [0.4, 0.5) is 0 Å². The summed E-state index contributed by atoms with van der Waals surface area (Å²) in [5.41, 5.74) is 8.46. The van der Waals surface area contributed by atoms with E-state index in [9.17, 15) is 4.79 Å². The molecule has 1 aromatic heterocycles. The number of amides is 1. The molecule has 0 atom stereocenters. The molecule has 0 radical (unpaired) electrons. The third-order valence-electron chi connectivity index (χ3n) is 4.03. The van der Waals surface area contributed by atoms with Crippen molar-refractivity contribution in [1.82, 2.24) is 15.1 Å². The molecule has 5 nitrogen and oxygen atoms in total. The number of H-pyrrole nitrogens is 1. The van der Waals surface area contributed by atoms with E-state index in [0.717, 1.165) is 12.1 Å². The number of carbonyl (C=O) groups excluding carboxylic acids is 1. The predicted octanol–water partition coefficient (Wildman–Crippen LogP) is 2.35. The van der Waals surface area contributed by atoms with E-state index in [-0.39, 0.29) is 18.3 Å². The number of rotatable bonds is 7. The molecule has 1 aromatic carbocycles. The number of halogens is 1. The van der Waals surface area contributed by atoms with Gasteiger partial charge < -0.3 is 10.6 Å². The molecular weight excluding hydrogens is 312 g/mol. The topological polar surface area (TPSA) is 75.0 Å². The molecule has 23 heavy (non-hydrogen) atoms. The van der Waals surface area contributed by atoms with Gasteiger partial charge in [0.05, 0.1) is 0 Å². The van der Waals surface area contributed by atoms with Gasteiger partial charge in [0, 0.05) is 31.2 Å². The Morgan fingerprint density at radius 3 is 2.65 bits per heavy atom. The Morgan fingerprint density at radius 2 is 2.00 bits per heavy atom. The molecule has 3 rings (SSSR count). The largest absolute Gasteiger partial charge is 0.336 e. The molecule has 1 amide bonds. The second-order valence-electron chi connectivity index (χ2n) is 5.80. The molecule has 0 unspecified atom stereocenters. The maximum Gasteiger partial charge on any atom is 0.274 e.